The Kier molecular flexibility index (Phi) is 6.29. The molecule has 2 aromatic rings. The summed E-state index contributed by atoms with van der Waals surface area (Å²) in [6.45, 7) is 1.25. The first-order valence-corrected chi connectivity index (χ1v) is 10.8. The molecular weight excluding hydrogens is 396 g/mol. The molecule has 1 aliphatic heterocycles. The van der Waals surface area contributed by atoms with Gasteiger partial charge in [0.05, 0.1) is 36.6 Å². The quantitative estimate of drug-likeness (QED) is 0.760. The Bertz CT molecular complexity index is 941. The number of carbonyl (C=O) groups excluding carboxylic acids is 2. The Labute approximate surface area is 181 Å². The van der Waals surface area contributed by atoms with Crippen molar-refractivity contribution in [2.24, 2.45) is 5.73 Å². The molecule has 2 heterocycles. The highest BCUT2D eigenvalue weighted by Gasteiger charge is 2.35. The minimum absolute atomic E-state index is 0.0473. The first-order valence-electron chi connectivity index (χ1n) is 10.8. The summed E-state index contributed by atoms with van der Waals surface area (Å²) < 4.78 is 5.95. The molecule has 0 bridgehead atoms. The molecule has 164 valence electrons. The Morgan fingerprint density at radius 1 is 1.13 bits per heavy atom. The van der Waals surface area contributed by atoms with E-state index in [9.17, 15) is 14.7 Å². The van der Waals surface area contributed by atoms with E-state index in [-0.39, 0.29) is 12.3 Å². The van der Waals surface area contributed by atoms with Gasteiger partial charge in [-0.25, -0.2) is 0 Å². The highest BCUT2D eigenvalue weighted by Crippen LogP contribution is 2.33. The van der Waals surface area contributed by atoms with Crippen molar-refractivity contribution in [1.29, 1.82) is 0 Å². The van der Waals surface area contributed by atoms with Crippen molar-refractivity contribution in [2.75, 3.05) is 19.7 Å². The zero-order chi connectivity index (χ0) is 21.8. The van der Waals surface area contributed by atoms with Crippen LogP contribution in [0, 0.1) is 0 Å². The number of rotatable bonds is 5. The number of amides is 2. The zero-order valence-electron chi connectivity index (χ0n) is 17.5. The molecule has 3 N–H and O–H groups in total. The lowest BCUT2D eigenvalue weighted by atomic mass is 9.82. The number of morpholine rings is 1. The standard InChI is InChI=1S/C23H28N4O4/c24-22(29)17-6-4-16(5-7-17)20-21(26-11-10-25-20)18-15-27(12-13-31-18)19(28)14-23(30)8-2-1-3-9-23/h4-7,10-11,18,30H,1-3,8-9,12-15H2,(H2,24,29). The molecule has 2 fully saturated rings. The largest absolute Gasteiger partial charge is 0.389 e. The van der Waals surface area contributed by atoms with Crippen molar-refractivity contribution in [3.63, 3.8) is 0 Å². The van der Waals surface area contributed by atoms with Crippen LogP contribution in [0.3, 0.4) is 0 Å². The molecule has 8 heteroatoms. The van der Waals surface area contributed by atoms with Crippen LogP contribution in [0.15, 0.2) is 36.7 Å². The predicted octanol–water partition coefficient (Wildman–Crippen LogP) is 2.23. The van der Waals surface area contributed by atoms with E-state index in [4.69, 9.17) is 10.5 Å². The number of carbonyl (C=O) groups is 2. The second kappa shape index (κ2) is 9.11. The molecule has 1 atom stereocenters. The van der Waals surface area contributed by atoms with Gasteiger partial charge < -0.3 is 20.5 Å². The van der Waals surface area contributed by atoms with Gasteiger partial charge in [-0.05, 0) is 25.0 Å². The number of hydrogen-bond acceptors (Lipinski definition) is 6. The number of ether oxygens (including phenoxy) is 1. The van der Waals surface area contributed by atoms with Gasteiger partial charge in [0, 0.05) is 30.1 Å². The minimum Gasteiger partial charge on any atom is -0.389 e. The third-order valence-corrected chi connectivity index (χ3v) is 6.16. The second-order valence-electron chi connectivity index (χ2n) is 8.39. The molecule has 1 unspecified atom stereocenters. The fourth-order valence-corrected chi connectivity index (χ4v) is 4.42. The van der Waals surface area contributed by atoms with Crippen molar-refractivity contribution >= 4 is 11.8 Å². The van der Waals surface area contributed by atoms with Gasteiger partial charge in [0.15, 0.2) is 0 Å². The molecule has 8 nitrogen and oxygen atoms in total. The number of nitrogens with zero attached hydrogens (tertiary/aromatic N) is 3. The van der Waals surface area contributed by atoms with Crippen LogP contribution >= 0.6 is 0 Å². The summed E-state index contributed by atoms with van der Waals surface area (Å²) in [5, 5.41) is 10.8. The molecule has 2 amide bonds. The molecule has 1 saturated heterocycles. The van der Waals surface area contributed by atoms with E-state index in [1.165, 1.54) is 0 Å². The van der Waals surface area contributed by atoms with E-state index >= 15 is 0 Å². The van der Waals surface area contributed by atoms with E-state index < -0.39 is 17.6 Å². The molecular formula is C23H28N4O4. The smallest absolute Gasteiger partial charge is 0.248 e. The Morgan fingerprint density at radius 3 is 2.55 bits per heavy atom. The highest BCUT2D eigenvalue weighted by molar-refractivity contribution is 5.93. The maximum absolute atomic E-state index is 12.9. The fraction of sp³-hybridized carbons (Fsp3) is 0.478. The topological polar surface area (TPSA) is 119 Å². The van der Waals surface area contributed by atoms with E-state index in [1.807, 2.05) is 0 Å². The zero-order valence-corrected chi connectivity index (χ0v) is 17.5. The highest BCUT2D eigenvalue weighted by atomic mass is 16.5. The van der Waals surface area contributed by atoms with E-state index in [0.29, 0.717) is 49.5 Å². The normalized spacial score (nSPS) is 20.9. The van der Waals surface area contributed by atoms with Gasteiger partial charge in [0.25, 0.3) is 0 Å². The van der Waals surface area contributed by atoms with Crippen LogP contribution in [0.5, 0.6) is 0 Å². The van der Waals surface area contributed by atoms with Crippen molar-refractivity contribution in [3.8, 4) is 11.3 Å². The van der Waals surface area contributed by atoms with E-state index in [2.05, 4.69) is 9.97 Å². The fourth-order valence-electron chi connectivity index (χ4n) is 4.42. The van der Waals surface area contributed by atoms with Crippen LogP contribution in [0.2, 0.25) is 0 Å². The summed E-state index contributed by atoms with van der Waals surface area (Å²) in [5.74, 6) is -0.538. The lowest BCUT2D eigenvalue weighted by Crippen LogP contribution is -2.46. The first kappa shape index (κ1) is 21.4. The van der Waals surface area contributed by atoms with E-state index in [1.54, 1.807) is 41.6 Å². The monoisotopic (exact) mass is 424 g/mol. The van der Waals surface area contributed by atoms with Crippen molar-refractivity contribution in [2.45, 2.75) is 50.2 Å². The molecule has 0 radical (unpaired) electrons. The van der Waals surface area contributed by atoms with E-state index in [0.717, 1.165) is 24.8 Å². The predicted molar refractivity (Wildman–Crippen MR) is 114 cm³/mol. The first-order chi connectivity index (χ1) is 15.0. The third kappa shape index (κ3) is 4.91. The number of aromatic nitrogens is 2. The minimum atomic E-state index is -0.886. The molecule has 31 heavy (non-hydrogen) atoms. The molecule has 1 aromatic carbocycles. The summed E-state index contributed by atoms with van der Waals surface area (Å²) >= 11 is 0. The maximum atomic E-state index is 12.9. The second-order valence-corrected chi connectivity index (χ2v) is 8.39. The molecule has 1 saturated carbocycles. The van der Waals surface area contributed by atoms with Crippen molar-refractivity contribution in [1.82, 2.24) is 14.9 Å². The average Bonchev–Trinajstić information content (AvgIpc) is 2.79. The van der Waals surface area contributed by atoms with Crippen LogP contribution in [0.25, 0.3) is 11.3 Å². The molecule has 1 aromatic heterocycles. The van der Waals surface area contributed by atoms with Crippen LogP contribution in [-0.2, 0) is 9.53 Å². The Hall–Kier alpha value is -2.84. The lowest BCUT2D eigenvalue weighted by Gasteiger charge is -2.37. The van der Waals surface area contributed by atoms with Gasteiger partial charge >= 0.3 is 0 Å². The van der Waals surface area contributed by atoms with Crippen molar-refractivity contribution < 1.29 is 19.4 Å². The van der Waals surface area contributed by atoms with Gasteiger partial charge in [-0.15, -0.1) is 0 Å². The van der Waals surface area contributed by atoms with Crippen LogP contribution in [0.4, 0.5) is 0 Å². The van der Waals surface area contributed by atoms with Gasteiger partial charge in [0.2, 0.25) is 11.8 Å². The van der Waals surface area contributed by atoms with Gasteiger partial charge in [-0.3, -0.25) is 19.6 Å². The van der Waals surface area contributed by atoms with Crippen molar-refractivity contribution in [3.05, 3.63) is 47.9 Å². The number of nitrogens with two attached hydrogens (primary N) is 1. The maximum Gasteiger partial charge on any atom is 0.248 e. The average molecular weight is 425 g/mol. The third-order valence-electron chi connectivity index (χ3n) is 6.16. The molecule has 4 rings (SSSR count). The summed E-state index contributed by atoms with van der Waals surface area (Å²) in [7, 11) is 0. The number of hydrogen-bond donors (Lipinski definition) is 2. The summed E-state index contributed by atoms with van der Waals surface area (Å²) in [6, 6.07) is 6.85. The summed E-state index contributed by atoms with van der Waals surface area (Å²) in [4.78, 5) is 35.0. The SMILES string of the molecule is NC(=O)c1ccc(-c2nccnc2C2CN(C(=O)CC3(O)CCCCC3)CCO2)cc1. The molecule has 2 aliphatic rings. The Morgan fingerprint density at radius 2 is 1.84 bits per heavy atom. The summed E-state index contributed by atoms with van der Waals surface area (Å²) in [6.07, 6.45) is 7.35. The molecule has 0 spiro atoms. The summed E-state index contributed by atoms with van der Waals surface area (Å²) in [5.41, 5.74) is 6.93. The molecule has 1 aliphatic carbocycles. The van der Waals surface area contributed by atoms with Crippen LogP contribution in [0.1, 0.15) is 60.7 Å². The van der Waals surface area contributed by atoms with Gasteiger partial charge in [-0.2, -0.15) is 0 Å². The number of benzene rings is 1. The van der Waals surface area contributed by atoms with Crippen LogP contribution in [-0.4, -0.2) is 57.1 Å². The van der Waals surface area contributed by atoms with Gasteiger partial charge in [-0.1, -0.05) is 31.4 Å². The number of aliphatic hydroxyl groups is 1. The van der Waals surface area contributed by atoms with Crippen LogP contribution < -0.4 is 5.73 Å². The Balaban J connectivity index is 1.51. The number of primary amides is 1. The van der Waals surface area contributed by atoms with Gasteiger partial charge in [0.1, 0.15) is 6.10 Å². The lowest BCUT2D eigenvalue weighted by molar-refractivity contribution is -0.145.